The quantitative estimate of drug-likeness (QED) is 0.850. The van der Waals surface area contributed by atoms with Crippen LogP contribution in [0.5, 0.6) is 0 Å². The average molecular weight is 292 g/mol. The van der Waals surface area contributed by atoms with E-state index in [1.54, 1.807) is 0 Å². The number of ether oxygens (including phenoxy) is 4. The molecule has 2 aliphatic rings. The number of hydrogen-bond acceptors (Lipinski definition) is 5. The van der Waals surface area contributed by atoms with Gasteiger partial charge in [-0.3, -0.25) is 4.79 Å². The molecule has 4 atom stereocenters. The maximum absolute atomic E-state index is 11.7. The molecule has 114 valence electrons. The molecule has 2 heterocycles. The van der Waals surface area contributed by atoms with Gasteiger partial charge in [0.05, 0.1) is 6.61 Å². The fourth-order valence-corrected chi connectivity index (χ4v) is 2.78. The maximum Gasteiger partial charge on any atom is 0.187 e. The summed E-state index contributed by atoms with van der Waals surface area (Å²) in [5.74, 6) is -0.793. The van der Waals surface area contributed by atoms with Crippen LogP contribution in [-0.2, 0) is 30.3 Å². The van der Waals surface area contributed by atoms with Crippen LogP contribution >= 0.6 is 0 Å². The van der Waals surface area contributed by atoms with Gasteiger partial charge in [-0.25, -0.2) is 0 Å². The third-order valence-electron chi connectivity index (χ3n) is 3.67. The van der Waals surface area contributed by atoms with Crippen molar-refractivity contribution in [2.45, 2.75) is 57.8 Å². The first-order chi connectivity index (χ1) is 9.96. The van der Waals surface area contributed by atoms with E-state index in [4.69, 9.17) is 18.9 Å². The van der Waals surface area contributed by atoms with Crippen molar-refractivity contribution in [1.29, 1.82) is 0 Å². The Kier molecular flexibility index (Phi) is 3.84. The number of Topliss-reactive ketones (excluding diaryl/α,β-unsaturated/α-hetero) is 1. The van der Waals surface area contributed by atoms with Gasteiger partial charge in [0.25, 0.3) is 0 Å². The Morgan fingerprint density at radius 3 is 2.52 bits per heavy atom. The van der Waals surface area contributed by atoms with Gasteiger partial charge in [-0.15, -0.1) is 0 Å². The normalized spacial score (nSPS) is 33.9. The van der Waals surface area contributed by atoms with Crippen molar-refractivity contribution in [3.8, 4) is 0 Å². The second-order valence-electron chi connectivity index (χ2n) is 5.90. The highest BCUT2D eigenvalue weighted by Gasteiger charge is 2.57. The summed E-state index contributed by atoms with van der Waals surface area (Å²) in [6.07, 6.45) is -2.00. The molecular weight excluding hydrogens is 272 g/mol. The molecule has 0 N–H and O–H groups in total. The molecule has 1 aromatic carbocycles. The molecular formula is C16H20O5. The van der Waals surface area contributed by atoms with Crippen molar-refractivity contribution in [3.05, 3.63) is 35.9 Å². The van der Waals surface area contributed by atoms with E-state index in [1.165, 1.54) is 6.92 Å². The van der Waals surface area contributed by atoms with Gasteiger partial charge in [0.1, 0.15) is 18.3 Å². The third kappa shape index (κ3) is 3.01. The summed E-state index contributed by atoms with van der Waals surface area (Å²) in [4.78, 5) is 11.7. The topological polar surface area (TPSA) is 54.0 Å². The van der Waals surface area contributed by atoms with E-state index in [9.17, 15) is 4.79 Å². The van der Waals surface area contributed by atoms with Gasteiger partial charge in [-0.05, 0) is 26.3 Å². The van der Waals surface area contributed by atoms with Crippen molar-refractivity contribution < 1.29 is 23.7 Å². The van der Waals surface area contributed by atoms with Crippen molar-refractivity contribution in [3.63, 3.8) is 0 Å². The van der Waals surface area contributed by atoms with Crippen LogP contribution in [0.1, 0.15) is 26.3 Å². The highest BCUT2D eigenvalue weighted by Crippen LogP contribution is 2.39. The Balaban J connectivity index is 1.69. The number of rotatable bonds is 4. The van der Waals surface area contributed by atoms with Crippen LogP contribution in [0.4, 0.5) is 0 Å². The minimum atomic E-state index is -0.721. The predicted molar refractivity (Wildman–Crippen MR) is 74.4 cm³/mol. The van der Waals surface area contributed by atoms with Crippen LogP contribution in [0.2, 0.25) is 0 Å². The van der Waals surface area contributed by atoms with E-state index >= 15 is 0 Å². The zero-order valence-corrected chi connectivity index (χ0v) is 12.4. The van der Waals surface area contributed by atoms with Gasteiger partial charge < -0.3 is 18.9 Å². The van der Waals surface area contributed by atoms with Gasteiger partial charge in [-0.1, -0.05) is 30.3 Å². The highest BCUT2D eigenvalue weighted by atomic mass is 16.8. The predicted octanol–water partition coefficient (Wildman–Crippen LogP) is 2.04. The van der Waals surface area contributed by atoms with E-state index in [1.807, 2.05) is 44.2 Å². The number of hydrogen-bond donors (Lipinski definition) is 0. The summed E-state index contributed by atoms with van der Waals surface area (Å²) in [5, 5.41) is 0. The molecule has 0 radical (unpaired) electrons. The Labute approximate surface area is 124 Å². The molecule has 0 unspecified atom stereocenters. The fraction of sp³-hybridized carbons (Fsp3) is 0.562. The van der Waals surface area contributed by atoms with E-state index in [0.29, 0.717) is 6.61 Å². The Hall–Kier alpha value is -1.27. The number of carbonyl (C=O) groups excluding carboxylic acids is 1. The molecule has 0 aliphatic carbocycles. The number of ketones is 1. The Bertz CT molecular complexity index is 513. The van der Waals surface area contributed by atoms with Gasteiger partial charge in [0, 0.05) is 0 Å². The Morgan fingerprint density at radius 2 is 1.86 bits per heavy atom. The molecule has 0 amide bonds. The Morgan fingerprint density at radius 1 is 1.19 bits per heavy atom. The first-order valence-corrected chi connectivity index (χ1v) is 7.13. The zero-order chi connectivity index (χ0) is 15.0. The van der Waals surface area contributed by atoms with Crippen molar-refractivity contribution >= 4 is 5.78 Å². The second kappa shape index (κ2) is 5.50. The first-order valence-electron chi connectivity index (χ1n) is 7.13. The summed E-state index contributed by atoms with van der Waals surface area (Å²) in [6, 6.07) is 9.81. The molecule has 5 nitrogen and oxygen atoms in total. The van der Waals surface area contributed by atoms with Crippen LogP contribution in [-0.4, -0.2) is 36.2 Å². The summed E-state index contributed by atoms with van der Waals surface area (Å²) in [7, 11) is 0. The molecule has 2 aliphatic heterocycles. The fourth-order valence-electron chi connectivity index (χ4n) is 2.78. The number of carbonyl (C=O) groups is 1. The molecule has 21 heavy (non-hydrogen) atoms. The van der Waals surface area contributed by atoms with Crippen LogP contribution in [0.3, 0.4) is 0 Å². The average Bonchev–Trinajstić information content (AvgIpc) is 2.91. The van der Waals surface area contributed by atoms with Crippen molar-refractivity contribution in [2.75, 3.05) is 0 Å². The monoisotopic (exact) mass is 292 g/mol. The minimum absolute atomic E-state index is 0.0721. The van der Waals surface area contributed by atoms with E-state index in [0.717, 1.165) is 5.56 Å². The lowest BCUT2D eigenvalue weighted by Crippen LogP contribution is -2.34. The third-order valence-corrected chi connectivity index (χ3v) is 3.67. The molecule has 0 saturated carbocycles. The maximum atomic E-state index is 11.7. The largest absolute Gasteiger partial charge is 0.345 e. The van der Waals surface area contributed by atoms with Gasteiger partial charge in [-0.2, -0.15) is 0 Å². The summed E-state index contributed by atoms with van der Waals surface area (Å²) in [5.41, 5.74) is 1.04. The summed E-state index contributed by atoms with van der Waals surface area (Å²) < 4.78 is 23.1. The van der Waals surface area contributed by atoms with E-state index in [2.05, 4.69) is 0 Å². The zero-order valence-electron chi connectivity index (χ0n) is 12.4. The minimum Gasteiger partial charge on any atom is -0.345 e. The lowest BCUT2D eigenvalue weighted by Gasteiger charge is -2.23. The van der Waals surface area contributed by atoms with Crippen LogP contribution in [0.15, 0.2) is 30.3 Å². The summed E-state index contributed by atoms with van der Waals surface area (Å²) >= 11 is 0. The molecule has 2 fully saturated rings. The lowest BCUT2D eigenvalue weighted by atomic mass is 10.1. The first kappa shape index (κ1) is 14.7. The van der Waals surface area contributed by atoms with Crippen LogP contribution in [0, 0.1) is 0 Å². The molecule has 0 bridgehead atoms. The number of benzene rings is 1. The molecule has 0 spiro atoms. The highest BCUT2D eigenvalue weighted by molar-refractivity contribution is 5.81. The second-order valence-corrected chi connectivity index (χ2v) is 5.90. The van der Waals surface area contributed by atoms with Gasteiger partial charge >= 0.3 is 0 Å². The number of fused-ring (bicyclic) bond motifs is 1. The van der Waals surface area contributed by atoms with E-state index in [-0.39, 0.29) is 11.9 Å². The van der Waals surface area contributed by atoms with E-state index < -0.39 is 24.3 Å². The molecule has 1 aromatic rings. The lowest BCUT2D eigenvalue weighted by molar-refractivity contribution is -0.234. The smallest absolute Gasteiger partial charge is 0.187 e. The summed E-state index contributed by atoms with van der Waals surface area (Å²) in [6.45, 7) is 5.56. The van der Waals surface area contributed by atoms with Crippen molar-refractivity contribution in [2.24, 2.45) is 0 Å². The van der Waals surface area contributed by atoms with Crippen LogP contribution in [0.25, 0.3) is 0 Å². The molecule has 2 saturated heterocycles. The van der Waals surface area contributed by atoms with Crippen molar-refractivity contribution in [1.82, 2.24) is 0 Å². The van der Waals surface area contributed by atoms with Crippen LogP contribution < -0.4 is 0 Å². The molecule has 0 aromatic heterocycles. The molecule has 5 heteroatoms. The SMILES string of the molecule is CC(=O)[C@H]1O[C@H](OCc2ccccc2)[C@H]2OC(C)(C)O[C@H]21. The van der Waals surface area contributed by atoms with Gasteiger partial charge in [0.2, 0.25) is 0 Å². The van der Waals surface area contributed by atoms with Gasteiger partial charge in [0.15, 0.2) is 17.9 Å². The molecule has 3 rings (SSSR count). The standard InChI is InChI=1S/C16H20O5/c1-10(17)12-13-14(21-16(2,3)20-13)15(19-12)18-9-11-7-5-4-6-8-11/h4-8,12-15H,9H2,1-3H3/t12-,13+,14+,15+/m1/s1.